The third-order valence-electron chi connectivity index (χ3n) is 2.58. The van der Waals surface area contributed by atoms with Crippen LogP contribution in [0.5, 0.6) is 0 Å². The van der Waals surface area contributed by atoms with Gasteiger partial charge in [0.1, 0.15) is 5.69 Å². The number of aliphatic hydroxyl groups is 1. The van der Waals surface area contributed by atoms with Crippen LogP contribution in [0.15, 0.2) is 24.4 Å². The van der Waals surface area contributed by atoms with E-state index in [1.807, 2.05) is 25.1 Å². The summed E-state index contributed by atoms with van der Waals surface area (Å²) in [5, 5.41) is 23.1. The first-order valence-corrected chi connectivity index (χ1v) is 6.98. The lowest BCUT2D eigenvalue weighted by molar-refractivity contribution is 0.222. The van der Waals surface area contributed by atoms with E-state index in [0.29, 0.717) is 22.3 Å². The second-order valence-corrected chi connectivity index (χ2v) is 4.99. The van der Waals surface area contributed by atoms with Gasteiger partial charge >= 0.3 is 6.03 Å². The van der Waals surface area contributed by atoms with Crippen molar-refractivity contribution in [2.45, 2.75) is 19.4 Å². The van der Waals surface area contributed by atoms with Crippen molar-refractivity contribution in [2.75, 3.05) is 11.9 Å². The maximum Gasteiger partial charge on any atom is 0.321 e. The fourth-order valence-corrected chi connectivity index (χ4v) is 2.18. The smallest absolute Gasteiger partial charge is 0.321 e. The molecule has 0 saturated carbocycles. The molecule has 0 unspecified atom stereocenters. The molecule has 0 aliphatic carbocycles. The molecule has 0 saturated heterocycles. The summed E-state index contributed by atoms with van der Waals surface area (Å²) in [4.78, 5) is 15.8. The molecule has 2 aromatic rings. The molecule has 0 fully saturated rings. The highest BCUT2D eigenvalue weighted by molar-refractivity contribution is 7.18. The van der Waals surface area contributed by atoms with E-state index in [4.69, 9.17) is 5.11 Å². The number of carbonyl (C=O) groups excluding carboxylic acids is 1. The zero-order valence-electron chi connectivity index (χ0n) is 10.9. The molecule has 2 amide bonds. The Hall–Kier alpha value is -2.06. The molecule has 2 rings (SSSR count). The van der Waals surface area contributed by atoms with E-state index in [0.717, 1.165) is 0 Å². The van der Waals surface area contributed by atoms with Crippen molar-refractivity contribution in [3.05, 3.63) is 24.4 Å². The van der Waals surface area contributed by atoms with E-state index in [-0.39, 0.29) is 12.6 Å². The molecule has 106 valence electrons. The first-order chi connectivity index (χ1) is 9.72. The molecule has 8 heteroatoms. The molecule has 0 spiro atoms. The first-order valence-electron chi connectivity index (χ1n) is 6.16. The topological polar surface area (TPSA) is 100 Å². The van der Waals surface area contributed by atoms with E-state index in [1.54, 1.807) is 6.20 Å². The monoisotopic (exact) mass is 293 g/mol. The van der Waals surface area contributed by atoms with Crippen molar-refractivity contribution in [3.63, 3.8) is 0 Å². The van der Waals surface area contributed by atoms with E-state index in [1.165, 1.54) is 11.3 Å². The molecular formula is C12H15N5O2S. The van der Waals surface area contributed by atoms with Gasteiger partial charge in [0.2, 0.25) is 5.13 Å². The van der Waals surface area contributed by atoms with Gasteiger partial charge in [0, 0.05) is 6.20 Å². The molecule has 7 nitrogen and oxygen atoms in total. The largest absolute Gasteiger partial charge is 0.394 e. The van der Waals surface area contributed by atoms with E-state index < -0.39 is 6.03 Å². The molecule has 0 radical (unpaired) electrons. The number of pyridine rings is 1. The van der Waals surface area contributed by atoms with Crippen LogP contribution in [0.2, 0.25) is 0 Å². The Kier molecular flexibility index (Phi) is 4.97. The standard InChI is InChI=1S/C12H15N5O2S/c1-2-8(7-18)14-11(19)15-12-17-16-10(20-12)9-5-3-4-6-13-9/h3-6,8,18H,2,7H2,1H3,(H2,14,15,17,19)/t8-/m1/s1. The predicted octanol–water partition coefficient (Wildman–Crippen LogP) is 1.49. The highest BCUT2D eigenvalue weighted by atomic mass is 32.1. The normalized spacial score (nSPS) is 11.9. The number of urea groups is 1. The lowest BCUT2D eigenvalue weighted by Gasteiger charge is -2.13. The summed E-state index contributed by atoms with van der Waals surface area (Å²) >= 11 is 1.24. The summed E-state index contributed by atoms with van der Waals surface area (Å²) in [6, 6.07) is 4.82. The average molecular weight is 293 g/mol. The van der Waals surface area contributed by atoms with Crippen LogP contribution in [0.1, 0.15) is 13.3 Å². The number of nitrogens with zero attached hydrogens (tertiary/aromatic N) is 3. The highest BCUT2D eigenvalue weighted by Crippen LogP contribution is 2.24. The van der Waals surface area contributed by atoms with Gasteiger partial charge in [-0.05, 0) is 18.6 Å². The Balaban J connectivity index is 1.98. The molecule has 3 N–H and O–H groups in total. The van der Waals surface area contributed by atoms with E-state index >= 15 is 0 Å². The number of amides is 2. The van der Waals surface area contributed by atoms with Crippen molar-refractivity contribution < 1.29 is 9.90 Å². The van der Waals surface area contributed by atoms with E-state index in [2.05, 4.69) is 25.8 Å². The summed E-state index contributed by atoms with van der Waals surface area (Å²) in [5.41, 5.74) is 0.709. The van der Waals surface area contributed by atoms with Crippen LogP contribution in [0.3, 0.4) is 0 Å². The fraction of sp³-hybridized carbons (Fsp3) is 0.333. The van der Waals surface area contributed by atoms with Gasteiger partial charge in [0.05, 0.1) is 12.6 Å². The first kappa shape index (κ1) is 14.4. The number of nitrogens with one attached hydrogen (secondary N) is 2. The van der Waals surface area contributed by atoms with Crippen LogP contribution in [0.25, 0.3) is 10.7 Å². The lowest BCUT2D eigenvalue weighted by atomic mass is 10.2. The zero-order chi connectivity index (χ0) is 14.4. The van der Waals surface area contributed by atoms with Gasteiger partial charge in [-0.1, -0.05) is 24.3 Å². The Morgan fingerprint density at radius 3 is 2.95 bits per heavy atom. The minimum Gasteiger partial charge on any atom is -0.394 e. The predicted molar refractivity (Wildman–Crippen MR) is 76.5 cm³/mol. The van der Waals surface area contributed by atoms with Gasteiger partial charge in [-0.25, -0.2) is 4.79 Å². The van der Waals surface area contributed by atoms with E-state index in [9.17, 15) is 4.79 Å². The van der Waals surface area contributed by atoms with Crippen LogP contribution in [-0.2, 0) is 0 Å². The maximum absolute atomic E-state index is 11.7. The number of anilines is 1. The fourth-order valence-electron chi connectivity index (χ4n) is 1.46. The number of rotatable bonds is 5. The van der Waals surface area contributed by atoms with Gasteiger partial charge in [-0.2, -0.15) is 0 Å². The molecule has 20 heavy (non-hydrogen) atoms. The second-order valence-electron chi connectivity index (χ2n) is 4.01. The molecule has 0 aliphatic rings. The quantitative estimate of drug-likeness (QED) is 0.775. The second kappa shape index (κ2) is 6.92. The van der Waals surface area contributed by atoms with Gasteiger partial charge in [-0.3, -0.25) is 10.3 Å². The molecule has 1 atom stereocenters. The highest BCUT2D eigenvalue weighted by Gasteiger charge is 2.12. The number of hydrogen-bond acceptors (Lipinski definition) is 6. The summed E-state index contributed by atoms with van der Waals surface area (Å²) in [6.07, 6.45) is 2.32. The molecular weight excluding hydrogens is 278 g/mol. The van der Waals surface area contributed by atoms with Crippen molar-refractivity contribution >= 4 is 22.5 Å². The summed E-state index contributed by atoms with van der Waals surface area (Å²) in [7, 11) is 0. The van der Waals surface area contributed by atoms with Crippen molar-refractivity contribution in [3.8, 4) is 10.7 Å². The van der Waals surface area contributed by atoms with Gasteiger partial charge in [0.15, 0.2) is 5.01 Å². The van der Waals surface area contributed by atoms with Crippen LogP contribution in [0, 0.1) is 0 Å². The van der Waals surface area contributed by atoms with Gasteiger partial charge in [0.25, 0.3) is 0 Å². The number of hydrogen-bond donors (Lipinski definition) is 3. The summed E-state index contributed by atoms with van der Waals surface area (Å²) in [5.74, 6) is 0. The average Bonchev–Trinajstić information content (AvgIpc) is 2.94. The molecule has 2 heterocycles. The van der Waals surface area contributed by atoms with Crippen molar-refractivity contribution in [1.29, 1.82) is 0 Å². The third kappa shape index (κ3) is 3.72. The van der Waals surface area contributed by atoms with Gasteiger partial charge < -0.3 is 10.4 Å². The molecule has 0 aromatic carbocycles. The zero-order valence-corrected chi connectivity index (χ0v) is 11.7. The number of carbonyl (C=O) groups is 1. The molecule has 0 aliphatic heterocycles. The Morgan fingerprint density at radius 2 is 2.30 bits per heavy atom. The Bertz CT molecular complexity index is 556. The Morgan fingerprint density at radius 1 is 1.45 bits per heavy atom. The maximum atomic E-state index is 11.7. The van der Waals surface area contributed by atoms with Gasteiger partial charge in [-0.15, -0.1) is 10.2 Å². The third-order valence-corrected chi connectivity index (χ3v) is 3.44. The number of aliphatic hydroxyl groups excluding tert-OH is 1. The van der Waals surface area contributed by atoms with Crippen LogP contribution >= 0.6 is 11.3 Å². The van der Waals surface area contributed by atoms with Crippen LogP contribution < -0.4 is 10.6 Å². The lowest BCUT2D eigenvalue weighted by Crippen LogP contribution is -2.39. The minimum atomic E-state index is -0.408. The Labute approximate surface area is 120 Å². The van der Waals surface area contributed by atoms with Crippen LogP contribution in [-0.4, -0.2) is 39.0 Å². The van der Waals surface area contributed by atoms with Crippen molar-refractivity contribution in [2.24, 2.45) is 0 Å². The molecule has 0 bridgehead atoms. The SMILES string of the molecule is CC[C@H](CO)NC(=O)Nc1nnc(-c2ccccn2)s1. The molecule has 2 aromatic heterocycles. The van der Waals surface area contributed by atoms with Crippen molar-refractivity contribution in [1.82, 2.24) is 20.5 Å². The minimum absolute atomic E-state index is 0.0980. The summed E-state index contributed by atoms with van der Waals surface area (Å²) < 4.78 is 0. The van der Waals surface area contributed by atoms with Crippen LogP contribution in [0.4, 0.5) is 9.93 Å². The number of aromatic nitrogens is 3. The summed E-state index contributed by atoms with van der Waals surface area (Å²) in [6.45, 7) is 1.78.